The number of ether oxygens (including phenoxy) is 1. The Labute approximate surface area is 111 Å². The summed E-state index contributed by atoms with van der Waals surface area (Å²) in [5, 5.41) is 0. The highest BCUT2D eigenvalue weighted by molar-refractivity contribution is 5.46. The summed E-state index contributed by atoms with van der Waals surface area (Å²) in [6.45, 7) is 0.716. The highest BCUT2D eigenvalue weighted by atomic mass is 19.1. The van der Waals surface area contributed by atoms with Crippen LogP contribution in [0.1, 0.15) is 29.3 Å². The summed E-state index contributed by atoms with van der Waals surface area (Å²) < 4.78 is 18.6. The van der Waals surface area contributed by atoms with E-state index in [9.17, 15) is 4.39 Å². The third kappa shape index (κ3) is 2.31. The van der Waals surface area contributed by atoms with Crippen molar-refractivity contribution in [3.63, 3.8) is 0 Å². The number of para-hydroxylation sites is 1. The fraction of sp³-hybridized carbons (Fsp3) is 0.267. The van der Waals surface area contributed by atoms with Crippen molar-refractivity contribution < 1.29 is 9.13 Å². The number of rotatable bonds is 2. The molecule has 19 heavy (non-hydrogen) atoms. The molecule has 1 aromatic carbocycles. The first-order chi connectivity index (χ1) is 9.25. The van der Waals surface area contributed by atoms with Gasteiger partial charge in [0.05, 0.1) is 24.5 Å². The number of hydrogen-bond acceptors (Lipinski definition) is 3. The molecule has 0 spiro atoms. The Bertz CT molecular complexity index is 583. The van der Waals surface area contributed by atoms with Crippen molar-refractivity contribution in [1.29, 1.82) is 0 Å². The molecule has 3 rings (SSSR count). The van der Waals surface area contributed by atoms with Gasteiger partial charge in [-0.15, -0.1) is 0 Å². The molecule has 3 nitrogen and oxygen atoms in total. The fourth-order valence-corrected chi connectivity index (χ4v) is 2.39. The highest BCUT2D eigenvalue weighted by Gasteiger charge is 2.20. The van der Waals surface area contributed by atoms with Crippen molar-refractivity contribution in [3.8, 4) is 5.75 Å². The van der Waals surface area contributed by atoms with Crippen LogP contribution in [0.25, 0.3) is 0 Å². The van der Waals surface area contributed by atoms with Gasteiger partial charge >= 0.3 is 0 Å². The van der Waals surface area contributed by atoms with Gasteiger partial charge in [-0.3, -0.25) is 4.98 Å². The first-order valence-electron chi connectivity index (χ1n) is 6.37. The Morgan fingerprint density at radius 3 is 2.95 bits per heavy atom. The van der Waals surface area contributed by atoms with E-state index in [1.54, 1.807) is 6.07 Å². The molecule has 0 fully saturated rings. The standard InChI is InChI=1S/C15H15FN2O/c16-11-6-7-13(18-9-11)14(17)12-5-1-3-10-4-2-8-19-15(10)12/h1,3,5-7,9,14H,2,4,8,17H2. The van der Waals surface area contributed by atoms with Crippen molar-refractivity contribution in [2.75, 3.05) is 6.61 Å². The van der Waals surface area contributed by atoms with E-state index in [1.165, 1.54) is 17.8 Å². The molecule has 2 N–H and O–H groups in total. The van der Waals surface area contributed by atoms with Crippen molar-refractivity contribution >= 4 is 0 Å². The number of aromatic nitrogens is 1. The highest BCUT2D eigenvalue weighted by Crippen LogP contribution is 2.33. The van der Waals surface area contributed by atoms with Crippen LogP contribution in [0.5, 0.6) is 5.75 Å². The SMILES string of the molecule is NC(c1ccc(F)cn1)c1cccc2c1OCCC2. The third-order valence-electron chi connectivity index (χ3n) is 3.37. The molecule has 1 atom stereocenters. The van der Waals surface area contributed by atoms with Gasteiger partial charge in [0.25, 0.3) is 0 Å². The average Bonchev–Trinajstić information content (AvgIpc) is 2.47. The lowest BCUT2D eigenvalue weighted by atomic mass is 9.96. The Morgan fingerprint density at radius 1 is 1.26 bits per heavy atom. The molecule has 0 bridgehead atoms. The predicted molar refractivity (Wildman–Crippen MR) is 70.5 cm³/mol. The maximum Gasteiger partial charge on any atom is 0.141 e. The summed E-state index contributed by atoms with van der Waals surface area (Å²) in [5.74, 6) is 0.509. The normalized spacial score (nSPS) is 15.5. The smallest absolute Gasteiger partial charge is 0.141 e. The second-order valence-corrected chi connectivity index (χ2v) is 4.67. The number of hydrogen-bond donors (Lipinski definition) is 1. The maximum absolute atomic E-state index is 12.9. The zero-order chi connectivity index (χ0) is 13.2. The van der Waals surface area contributed by atoms with Crippen LogP contribution in [0.15, 0.2) is 36.5 Å². The van der Waals surface area contributed by atoms with E-state index in [0.717, 1.165) is 24.2 Å². The summed E-state index contributed by atoms with van der Waals surface area (Å²) in [7, 11) is 0. The zero-order valence-electron chi connectivity index (χ0n) is 10.5. The Hall–Kier alpha value is -1.94. The van der Waals surface area contributed by atoms with Crippen LogP contribution >= 0.6 is 0 Å². The molecule has 0 amide bonds. The molecule has 1 aliphatic heterocycles. The Balaban J connectivity index is 1.99. The molecule has 4 heteroatoms. The van der Waals surface area contributed by atoms with E-state index in [1.807, 2.05) is 12.1 Å². The van der Waals surface area contributed by atoms with Gasteiger partial charge in [-0.25, -0.2) is 4.39 Å². The minimum atomic E-state index is -0.395. The first-order valence-corrected chi connectivity index (χ1v) is 6.37. The van der Waals surface area contributed by atoms with Gasteiger partial charge in [0, 0.05) is 5.56 Å². The van der Waals surface area contributed by atoms with Gasteiger partial charge in [0.2, 0.25) is 0 Å². The molecule has 98 valence electrons. The van der Waals surface area contributed by atoms with Gasteiger partial charge in [-0.05, 0) is 30.5 Å². The van der Waals surface area contributed by atoms with Crippen LogP contribution in [0.2, 0.25) is 0 Å². The van der Waals surface area contributed by atoms with Gasteiger partial charge in [-0.2, -0.15) is 0 Å². The Kier molecular flexibility index (Phi) is 3.17. The van der Waals surface area contributed by atoms with E-state index in [2.05, 4.69) is 11.1 Å². The van der Waals surface area contributed by atoms with Gasteiger partial charge in [0.15, 0.2) is 0 Å². The van der Waals surface area contributed by atoms with E-state index < -0.39 is 6.04 Å². The molecule has 2 aromatic rings. The third-order valence-corrected chi connectivity index (χ3v) is 3.37. The van der Waals surface area contributed by atoms with Crippen molar-refractivity contribution in [2.45, 2.75) is 18.9 Å². The Morgan fingerprint density at radius 2 is 2.16 bits per heavy atom. The monoisotopic (exact) mass is 258 g/mol. The molecule has 0 saturated carbocycles. The lowest BCUT2D eigenvalue weighted by Gasteiger charge is -2.23. The minimum absolute atomic E-state index is 0.359. The number of fused-ring (bicyclic) bond motifs is 1. The molecular weight excluding hydrogens is 243 g/mol. The van der Waals surface area contributed by atoms with Gasteiger partial charge in [-0.1, -0.05) is 18.2 Å². The summed E-state index contributed by atoms with van der Waals surface area (Å²) in [6, 6.07) is 8.57. The molecule has 1 aromatic heterocycles. The van der Waals surface area contributed by atoms with Crippen LogP contribution in [-0.4, -0.2) is 11.6 Å². The van der Waals surface area contributed by atoms with E-state index in [0.29, 0.717) is 12.3 Å². The quantitative estimate of drug-likeness (QED) is 0.900. The lowest BCUT2D eigenvalue weighted by Crippen LogP contribution is -2.18. The van der Waals surface area contributed by atoms with Crippen LogP contribution in [0.4, 0.5) is 4.39 Å². The fourth-order valence-electron chi connectivity index (χ4n) is 2.39. The summed E-state index contributed by atoms with van der Waals surface area (Å²) in [4.78, 5) is 4.05. The largest absolute Gasteiger partial charge is 0.493 e. The van der Waals surface area contributed by atoms with Crippen molar-refractivity contribution in [2.24, 2.45) is 5.73 Å². The van der Waals surface area contributed by atoms with Crippen LogP contribution < -0.4 is 10.5 Å². The number of nitrogens with two attached hydrogens (primary N) is 1. The zero-order valence-corrected chi connectivity index (χ0v) is 10.5. The van der Waals surface area contributed by atoms with Crippen LogP contribution in [0, 0.1) is 5.82 Å². The van der Waals surface area contributed by atoms with Crippen molar-refractivity contribution in [1.82, 2.24) is 4.98 Å². The van der Waals surface area contributed by atoms with Gasteiger partial charge in [0.1, 0.15) is 11.6 Å². The predicted octanol–water partition coefficient (Wildman–Crippen LogP) is 2.59. The number of halogens is 1. The summed E-state index contributed by atoms with van der Waals surface area (Å²) >= 11 is 0. The number of pyridine rings is 1. The number of benzene rings is 1. The lowest BCUT2D eigenvalue weighted by molar-refractivity contribution is 0.284. The first kappa shape index (κ1) is 12.1. The minimum Gasteiger partial charge on any atom is -0.493 e. The number of aryl methyl sites for hydroxylation is 1. The van der Waals surface area contributed by atoms with E-state index in [4.69, 9.17) is 10.5 Å². The van der Waals surface area contributed by atoms with Crippen molar-refractivity contribution in [3.05, 3.63) is 59.2 Å². The van der Waals surface area contributed by atoms with Crippen LogP contribution in [-0.2, 0) is 6.42 Å². The van der Waals surface area contributed by atoms with Gasteiger partial charge < -0.3 is 10.5 Å². The molecule has 1 aliphatic rings. The molecule has 0 aliphatic carbocycles. The molecular formula is C15H15FN2O. The maximum atomic E-state index is 12.9. The summed E-state index contributed by atoms with van der Waals surface area (Å²) in [5.41, 5.74) is 8.96. The molecule has 1 unspecified atom stereocenters. The molecule has 0 saturated heterocycles. The topological polar surface area (TPSA) is 48.1 Å². The second-order valence-electron chi connectivity index (χ2n) is 4.67. The van der Waals surface area contributed by atoms with E-state index >= 15 is 0 Å². The second kappa shape index (κ2) is 4.97. The average molecular weight is 258 g/mol. The van der Waals surface area contributed by atoms with E-state index in [-0.39, 0.29) is 5.82 Å². The summed E-state index contributed by atoms with van der Waals surface area (Å²) in [6.07, 6.45) is 3.22. The number of nitrogens with zero attached hydrogens (tertiary/aromatic N) is 1. The van der Waals surface area contributed by atoms with Crippen LogP contribution in [0.3, 0.4) is 0 Å². The molecule has 2 heterocycles. The molecule has 0 radical (unpaired) electrons.